The van der Waals surface area contributed by atoms with Gasteiger partial charge in [0.2, 0.25) is 0 Å². The molecule has 0 aliphatic carbocycles. The summed E-state index contributed by atoms with van der Waals surface area (Å²) in [7, 11) is 0. The Morgan fingerprint density at radius 1 is 0.650 bits per heavy atom. The van der Waals surface area contributed by atoms with Crippen LogP contribution in [0.25, 0.3) is 32.8 Å². The lowest BCUT2D eigenvalue weighted by molar-refractivity contribution is 0.488. The van der Waals surface area contributed by atoms with E-state index in [1.807, 2.05) is 6.20 Å². The van der Waals surface area contributed by atoms with Crippen molar-refractivity contribution in [3.63, 3.8) is 0 Å². The first kappa shape index (κ1) is 24.7. The second-order valence-corrected chi connectivity index (χ2v) is 12.1. The van der Waals surface area contributed by atoms with Crippen LogP contribution in [0.5, 0.6) is 11.5 Å². The van der Waals surface area contributed by atoms with E-state index in [0.717, 1.165) is 33.5 Å². The second kappa shape index (κ2) is 9.10. The monoisotopic (exact) mass is 517 g/mol. The molecule has 2 heterocycles. The number of hydrogen-bond acceptors (Lipinski definition) is 2. The van der Waals surface area contributed by atoms with Crippen LogP contribution in [0.2, 0.25) is 0 Å². The highest BCUT2D eigenvalue weighted by Gasteiger charge is 2.34. The topological polar surface area (TPSA) is 22.1 Å². The normalized spacial score (nSPS) is 12.8. The van der Waals surface area contributed by atoms with Crippen LogP contribution in [0.1, 0.15) is 37.5 Å². The van der Waals surface area contributed by atoms with Crippen LogP contribution in [0.15, 0.2) is 103 Å². The fourth-order valence-electron chi connectivity index (χ4n) is 6.52. The predicted molar refractivity (Wildman–Crippen MR) is 170 cm³/mol. The van der Waals surface area contributed by atoms with Crippen molar-refractivity contribution >= 4 is 44.6 Å². The molecule has 0 spiro atoms. The number of aromatic nitrogens is 1. The van der Waals surface area contributed by atoms with Gasteiger partial charge in [-0.2, -0.15) is 0 Å². The summed E-state index contributed by atoms with van der Waals surface area (Å²) in [5.74, 6) is 1.85. The van der Waals surface area contributed by atoms with E-state index in [1.54, 1.807) is 0 Å². The van der Waals surface area contributed by atoms with Crippen LogP contribution >= 0.6 is 0 Å². The maximum Gasteiger partial charge on any atom is 0.251 e. The Morgan fingerprint density at radius 2 is 1.38 bits per heavy atom. The fraction of sp³-hybridized carbons (Fsp3) is 0.162. The highest BCUT2D eigenvalue weighted by Crippen LogP contribution is 2.37. The molecule has 0 saturated heterocycles. The average molecular weight is 517 g/mol. The highest BCUT2D eigenvalue weighted by molar-refractivity contribution is 6.97. The zero-order valence-corrected chi connectivity index (χ0v) is 23.7. The van der Waals surface area contributed by atoms with Gasteiger partial charge in [-0.05, 0) is 82.2 Å². The number of benzene rings is 5. The third-order valence-corrected chi connectivity index (χ3v) is 8.43. The van der Waals surface area contributed by atoms with Crippen LogP contribution in [0.4, 0.5) is 0 Å². The van der Waals surface area contributed by atoms with Crippen LogP contribution in [-0.4, -0.2) is 11.7 Å². The first-order chi connectivity index (χ1) is 19.3. The van der Waals surface area contributed by atoms with Gasteiger partial charge < -0.3 is 4.74 Å². The molecular formula is C37H32BNO. The molecule has 194 valence electrons. The highest BCUT2D eigenvalue weighted by atomic mass is 16.5. The smallest absolute Gasteiger partial charge is 0.251 e. The van der Waals surface area contributed by atoms with Crippen molar-refractivity contribution < 1.29 is 4.74 Å². The largest absolute Gasteiger partial charge is 0.458 e. The van der Waals surface area contributed by atoms with Crippen LogP contribution in [-0.2, 0) is 5.41 Å². The number of pyridine rings is 1. The summed E-state index contributed by atoms with van der Waals surface area (Å²) in [6, 6.07) is 35.0. The number of ether oxygens (including phenoxy) is 1. The van der Waals surface area contributed by atoms with E-state index >= 15 is 0 Å². The minimum Gasteiger partial charge on any atom is -0.458 e. The molecular weight excluding hydrogens is 485 g/mol. The number of hydrogen-bond donors (Lipinski definition) is 0. The predicted octanol–water partition coefficient (Wildman–Crippen LogP) is 7.59. The maximum absolute atomic E-state index is 6.56. The molecule has 1 aliphatic rings. The summed E-state index contributed by atoms with van der Waals surface area (Å²) in [4.78, 5) is 4.99. The van der Waals surface area contributed by atoms with Crippen molar-refractivity contribution in [2.24, 2.45) is 0 Å². The summed E-state index contributed by atoms with van der Waals surface area (Å²) in [6.45, 7) is 11.4. The van der Waals surface area contributed by atoms with Crippen molar-refractivity contribution in [2.75, 3.05) is 0 Å². The molecule has 0 saturated carbocycles. The number of nitrogens with zero attached hydrogens (tertiary/aromatic N) is 1. The fourth-order valence-corrected chi connectivity index (χ4v) is 6.52. The standard InChI is InChI=1S/C37H32BNO/c1-23-11-10-12-24(2)35(23)38-31-15-8-9-16-33(31)40-34-21-26-17-18-39-36(29(26)22-32(34)38)27-19-25-13-6-7-14-28(25)30(20-27)37(3,4)5/h6-22H,1-5H3. The molecule has 0 atom stereocenters. The Hall–Kier alpha value is -4.37. The van der Waals surface area contributed by atoms with Gasteiger partial charge in [0.25, 0.3) is 6.71 Å². The summed E-state index contributed by atoms with van der Waals surface area (Å²) in [5, 5.41) is 4.83. The Morgan fingerprint density at radius 3 is 2.17 bits per heavy atom. The van der Waals surface area contributed by atoms with Gasteiger partial charge >= 0.3 is 0 Å². The molecule has 0 radical (unpaired) electrons. The first-order valence-corrected chi connectivity index (χ1v) is 14.1. The lowest BCUT2D eigenvalue weighted by Crippen LogP contribution is -2.56. The Kier molecular flexibility index (Phi) is 5.61. The van der Waals surface area contributed by atoms with Gasteiger partial charge in [-0.25, -0.2) is 0 Å². The minimum absolute atomic E-state index is 0.00434. The Bertz CT molecular complexity index is 1930. The molecule has 3 heteroatoms. The molecule has 6 aromatic rings. The van der Waals surface area contributed by atoms with E-state index in [1.165, 1.54) is 43.9 Å². The molecule has 7 rings (SSSR count). The lowest BCUT2D eigenvalue weighted by Gasteiger charge is -2.29. The molecule has 40 heavy (non-hydrogen) atoms. The number of para-hydroxylation sites is 1. The van der Waals surface area contributed by atoms with Crippen molar-refractivity contribution in [2.45, 2.75) is 40.0 Å². The summed E-state index contributed by atoms with van der Waals surface area (Å²) in [6.07, 6.45) is 1.93. The molecule has 0 bridgehead atoms. The molecule has 0 N–H and O–H groups in total. The zero-order chi connectivity index (χ0) is 27.6. The van der Waals surface area contributed by atoms with Crippen molar-refractivity contribution in [1.29, 1.82) is 0 Å². The Labute approximate surface area is 236 Å². The van der Waals surface area contributed by atoms with Crippen LogP contribution in [0.3, 0.4) is 0 Å². The lowest BCUT2D eigenvalue weighted by atomic mass is 9.34. The first-order valence-electron chi connectivity index (χ1n) is 14.1. The number of rotatable bonds is 2. The van der Waals surface area contributed by atoms with E-state index in [0.29, 0.717) is 0 Å². The minimum atomic E-state index is 0.00434. The molecule has 2 nitrogen and oxygen atoms in total. The Balaban J connectivity index is 1.51. The van der Waals surface area contributed by atoms with Crippen LogP contribution < -0.4 is 21.1 Å². The number of fused-ring (bicyclic) bond motifs is 4. The quantitative estimate of drug-likeness (QED) is 0.221. The van der Waals surface area contributed by atoms with E-state index in [2.05, 4.69) is 132 Å². The molecule has 5 aromatic carbocycles. The van der Waals surface area contributed by atoms with Gasteiger partial charge in [0.1, 0.15) is 11.5 Å². The van der Waals surface area contributed by atoms with E-state index < -0.39 is 0 Å². The van der Waals surface area contributed by atoms with Crippen LogP contribution in [0, 0.1) is 13.8 Å². The number of aryl methyl sites for hydroxylation is 2. The van der Waals surface area contributed by atoms with Crippen molar-refractivity contribution in [1.82, 2.24) is 4.98 Å². The molecule has 0 amide bonds. The van der Waals surface area contributed by atoms with Gasteiger partial charge in [0.05, 0.1) is 5.69 Å². The third-order valence-electron chi connectivity index (χ3n) is 8.43. The van der Waals surface area contributed by atoms with Gasteiger partial charge in [0.15, 0.2) is 0 Å². The van der Waals surface area contributed by atoms with Gasteiger partial charge in [0, 0.05) is 17.1 Å². The second-order valence-electron chi connectivity index (χ2n) is 12.1. The maximum atomic E-state index is 6.56. The van der Waals surface area contributed by atoms with Gasteiger partial charge in [-0.1, -0.05) is 104 Å². The summed E-state index contributed by atoms with van der Waals surface area (Å²) in [5.41, 5.74) is 9.84. The molecule has 0 unspecified atom stereocenters. The molecule has 1 aliphatic heterocycles. The molecule has 0 fully saturated rings. The summed E-state index contributed by atoms with van der Waals surface area (Å²) < 4.78 is 6.56. The van der Waals surface area contributed by atoms with E-state index in [4.69, 9.17) is 9.72 Å². The van der Waals surface area contributed by atoms with Gasteiger partial charge in [-0.15, -0.1) is 0 Å². The van der Waals surface area contributed by atoms with E-state index in [9.17, 15) is 0 Å². The molecule has 1 aromatic heterocycles. The van der Waals surface area contributed by atoms with Crippen molar-refractivity contribution in [3.05, 3.63) is 120 Å². The zero-order valence-electron chi connectivity index (χ0n) is 23.7. The average Bonchev–Trinajstić information content (AvgIpc) is 2.94. The summed E-state index contributed by atoms with van der Waals surface area (Å²) >= 11 is 0. The van der Waals surface area contributed by atoms with Gasteiger partial charge in [-0.3, -0.25) is 4.98 Å². The third kappa shape index (κ3) is 3.92. The SMILES string of the molecule is Cc1cccc(C)c1B1c2ccccc2Oc2cc3ccnc(-c4cc(C(C)(C)C)c5ccccc5c4)c3cc21. The van der Waals surface area contributed by atoms with E-state index in [-0.39, 0.29) is 12.1 Å². The van der Waals surface area contributed by atoms with Crippen molar-refractivity contribution in [3.8, 4) is 22.8 Å².